The molecule has 0 saturated heterocycles. The molecular formula is C24H24FN7O. The first kappa shape index (κ1) is 22.1. The van der Waals surface area contributed by atoms with Crippen LogP contribution in [-0.2, 0) is 13.0 Å². The molecule has 9 heteroatoms. The Bertz CT molecular complexity index is 1140. The largest absolute Gasteiger partial charge is 0.394 e. The molecule has 8 nitrogen and oxygen atoms in total. The summed E-state index contributed by atoms with van der Waals surface area (Å²) in [5.41, 5.74) is 1.99. The summed E-state index contributed by atoms with van der Waals surface area (Å²) in [6.07, 6.45) is 5.39. The van der Waals surface area contributed by atoms with Gasteiger partial charge in [-0.15, -0.1) is 0 Å². The van der Waals surface area contributed by atoms with Crippen LogP contribution in [0, 0.1) is 5.82 Å². The summed E-state index contributed by atoms with van der Waals surface area (Å²) >= 11 is 0. The Hall–Kier alpha value is -4.11. The van der Waals surface area contributed by atoms with E-state index in [0.29, 0.717) is 36.4 Å². The first-order valence-corrected chi connectivity index (χ1v) is 10.5. The number of rotatable bonds is 10. The highest BCUT2D eigenvalue weighted by Gasteiger charge is 2.12. The fourth-order valence-electron chi connectivity index (χ4n) is 3.21. The zero-order valence-corrected chi connectivity index (χ0v) is 17.8. The predicted octanol–water partition coefficient (Wildman–Crippen LogP) is 3.78. The predicted molar refractivity (Wildman–Crippen MR) is 126 cm³/mol. The number of nitrogens with zero attached hydrogens (tertiary/aromatic N) is 4. The van der Waals surface area contributed by atoms with E-state index in [-0.39, 0.29) is 18.5 Å². The zero-order chi connectivity index (χ0) is 22.9. The maximum Gasteiger partial charge on any atom is 0.226 e. The molecule has 0 aliphatic rings. The topological polar surface area (TPSA) is 108 Å². The van der Waals surface area contributed by atoms with Crippen LogP contribution < -0.4 is 16.0 Å². The number of hydrogen-bond donors (Lipinski definition) is 4. The molecule has 0 bridgehead atoms. The standard InChI is InChI=1S/C24H24FN7O/c25-19-8-6-18(7-9-19)14-28-24-31-21(13-22(32-24)30-23-15-26-10-11-27-23)29-20(16-33)12-17-4-2-1-3-5-17/h1-11,13,15,20,33H,12,14,16H2,(H3,27,28,29,30,31,32)/t20-/m0/s1. The Balaban J connectivity index is 1.53. The van der Waals surface area contributed by atoms with E-state index in [1.165, 1.54) is 12.1 Å². The lowest BCUT2D eigenvalue weighted by atomic mass is 10.1. The first-order chi connectivity index (χ1) is 16.2. The Morgan fingerprint density at radius 3 is 2.39 bits per heavy atom. The Morgan fingerprint density at radius 2 is 1.67 bits per heavy atom. The van der Waals surface area contributed by atoms with Gasteiger partial charge in [0.25, 0.3) is 0 Å². The lowest BCUT2D eigenvalue weighted by Crippen LogP contribution is -2.27. The van der Waals surface area contributed by atoms with Crippen molar-refractivity contribution < 1.29 is 9.50 Å². The summed E-state index contributed by atoms with van der Waals surface area (Å²) in [5, 5.41) is 19.5. The number of aromatic nitrogens is 4. The molecule has 2 heterocycles. The Morgan fingerprint density at radius 1 is 0.879 bits per heavy atom. The van der Waals surface area contributed by atoms with Crippen LogP contribution in [0.2, 0.25) is 0 Å². The third kappa shape index (κ3) is 6.68. The van der Waals surface area contributed by atoms with Crippen LogP contribution >= 0.6 is 0 Å². The molecule has 4 rings (SSSR count). The summed E-state index contributed by atoms with van der Waals surface area (Å²) < 4.78 is 13.2. The quantitative estimate of drug-likeness (QED) is 0.292. The summed E-state index contributed by atoms with van der Waals surface area (Å²) in [6.45, 7) is 0.353. The maximum absolute atomic E-state index is 13.2. The van der Waals surface area contributed by atoms with Gasteiger partial charge in [-0.3, -0.25) is 4.98 Å². The molecule has 0 spiro atoms. The molecule has 0 fully saturated rings. The van der Waals surface area contributed by atoms with Gasteiger partial charge in [0.05, 0.1) is 18.8 Å². The molecule has 33 heavy (non-hydrogen) atoms. The second-order valence-electron chi connectivity index (χ2n) is 7.37. The summed E-state index contributed by atoms with van der Waals surface area (Å²) in [4.78, 5) is 17.3. The van der Waals surface area contributed by atoms with E-state index < -0.39 is 0 Å². The highest BCUT2D eigenvalue weighted by atomic mass is 19.1. The SMILES string of the molecule is OC[C@H](Cc1ccccc1)Nc1cc(Nc2cnccn2)nc(NCc2ccc(F)cc2)n1. The van der Waals surface area contributed by atoms with Crippen LogP contribution in [0.3, 0.4) is 0 Å². The molecule has 2 aromatic carbocycles. The highest BCUT2D eigenvalue weighted by Crippen LogP contribution is 2.19. The van der Waals surface area contributed by atoms with Crippen molar-refractivity contribution in [3.05, 3.63) is 96.2 Å². The minimum atomic E-state index is -0.287. The van der Waals surface area contributed by atoms with Gasteiger partial charge in [-0.05, 0) is 29.7 Å². The van der Waals surface area contributed by atoms with Gasteiger partial charge in [-0.2, -0.15) is 9.97 Å². The molecule has 2 aromatic heterocycles. The molecule has 0 radical (unpaired) electrons. The van der Waals surface area contributed by atoms with Crippen molar-refractivity contribution in [2.24, 2.45) is 0 Å². The summed E-state index contributed by atoms with van der Waals surface area (Å²) in [6, 6.07) is 17.6. The lowest BCUT2D eigenvalue weighted by molar-refractivity contribution is 0.273. The van der Waals surface area contributed by atoms with E-state index in [2.05, 4.69) is 35.9 Å². The molecule has 0 aliphatic carbocycles. The Labute approximate surface area is 191 Å². The smallest absolute Gasteiger partial charge is 0.226 e. The van der Waals surface area contributed by atoms with E-state index in [9.17, 15) is 9.50 Å². The van der Waals surface area contributed by atoms with Crippen molar-refractivity contribution in [2.75, 3.05) is 22.6 Å². The van der Waals surface area contributed by atoms with Gasteiger partial charge < -0.3 is 21.1 Å². The van der Waals surface area contributed by atoms with Gasteiger partial charge in [0.2, 0.25) is 5.95 Å². The fraction of sp³-hybridized carbons (Fsp3) is 0.167. The fourth-order valence-corrected chi connectivity index (χ4v) is 3.21. The van der Waals surface area contributed by atoms with Gasteiger partial charge >= 0.3 is 0 Å². The van der Waals surface area contributed by atoms with Crippen LogP contribution in [-0.4, -0.2) is 37.7 Å². The molecular weight excluding hydrogens is 421 g/mol. The Kier molecular flexibility index (Phi) is 7.34. The van der Waals surface area contributed by atoms with Crippen LogP contribution in [0.1, 0.15) is 11.1 Å². The second-order valence-corrected chi connectivity index (χ2v) is 7.37. The normalized spacial score (nSPS) is 11.6. The third-order valence-electron chi connectivity index (χ3n) is 4.81. The van der Waals surface area contributed by atoms with Crippen molar-refractivity contribution in [1.82, 2.24) is 19.9 Å². The second kappa shape index (κ2) is 11.0. The number of halogens is 1. The first-order valence-electron chi connectivity index (χ1n) is 10.5. The summed E-state index contributed by atoms with van der Waals surface area (Å²) in [5.74, 6) is 1.66. The summed E-state index contributed by atoms with van der Waals surface area (Å²) in [7, 11) is 0. The van der Waals surface area contributed by atoms with Gasteiger partial charge in [-0.25, -0.2) is 9.37 Å². The van der Waals surface area contributed by atoms with Gasteiger partial charge in [0.15, 0.2) is 0 Å². The van der Waals surface area contributed by atoms with Crippen LogP contribution in [0.15, 0.2) is 79.3 Å². The molecule has 1 atom stereocenters. The number of aliphatic hydroxyl groups is 1. The van der Waals surface area contributed by atoms with Crippen molar-refractivity contribution in [1.29, 1.82) is 0 Å². The van der Waals surface area contributed by atoms with E-state index in [1.54, 1.807) is 36.8 Å². The van der Waals surface area contributed by atoms with Crippen molar-refractivity contribution in [3.63, 3.8) is 0 Å². The molecule has 0 amide bonds. The van der Waals surface area contributed by atoms with E-state index in [1.807, 2.05) is 30.3 Å². The number of hydrogen-bond acceptors (Lipinski definition) is 8. The number of nitrogens with one attached hydrogen (secondary N) is 3. The third-order valence-corrected chi connectivity index (χ3v) is 4.81. The van der Waals surface area contributed by atoms with Gasteiger partial charge in [0, 0.05) is 25.0 Å². The lowest BCUT2D eigenvalue weighted by Gasteiger charge is -2.18. The number of benzene rings is 2. The molecule has 0 unspecified atom stereocenters. The number of anilines is 4. The van der Waals surface area contributed by atoms with Crippen LogP contribution in [0.25, 0.3) is 0 Å². The molecule has 168 valence electrons. The molecule has 4 N–H and O–H groups in total. The molecule has 0 saturated carbocycles. The maximum atomic E-state index is 13.2. The van der Waals surface area contributed by atoms with E-state index in [0.717, 1.165) is 11.1 Å². The minimum absolute atomic E-state index is 0.0653. The van der Waals surface area contributed by atoms with Crippen molar-refractivity contribution in [2.45, 2.75) is 19.0 Å². The van der Waals surface area contributed by atoms with Crippen molar-refractivity contribution in [3.8, 4) is 0 Å². The highest BCUT2D eigenvalue weighted by molar-refractivity contribution is 5.58. The molecule has 0 aliphatic heterocycles. The average molecular weight is 446 g/mol. The average Bonchev–Trinajstić information content (AvgIpc) is 2.84. The van der Waals surface area contributed by atoms with Crippen LogP contribution in [0.4, 0.5) is 27.8 Å². The van der Waals surface area contributed by atoms with Crippen molar-refractivity contribution >= 4 is 23.4 Å². The van der Waals surface area contributed by atoms with Crippen LogP contribution in [0.5, 0.6) is 0 Å². The monoisotopic (exact) mass is 445 g/mol. The van der Waals surface area contributed by atoms with E-state index in [4.69, 9.17) is 0 Å². The van der Waals surface area contributed by atoms with E-state index >= 15 is 0 Å². The minimum Gasteiger partial charge on any atom is -0.394 e. The zero-order valence-electron chi connectivity index (χ0n) is 17.8. The number of aliphatic hydroxyl groups excluding tert-OH is 1. The van der Waals surface area contributed by atoms with Gasteiger partial charge in [-0.1, -0.05) is 42.5 Å². The molecule has 4 aromatic rings. The van der Waals surface area contributed by atoms with Gasteiger partial charge in [0.1, 0.15) is 23.3 Å².